The molecule has 0 unspecified atom stereocenters. The molecule has 2 rings (SSSR count). The van der Waals surface area contributed by atoms with Gasteiger partial charge in [0.1, 0.15) is 16.6 Å². The van der Waals surface area contributed by atoms with Gasteiger partial charge in [-0.15, -0.1) is 11.3 Å². The van der Waals surface area contributed by atoms with E-state index < -0.39 is 0 Å². The molecule has 6 heteroatoms. The zero-order chi connectivity index (χ0) is 12.3. The Kier molecular flexibility index (Phi) is 3.71. The van der Waals surface area contributed by atoms with Crippen LogP contribution in [0.4, 0.5) is 5.00 Å². The van der Waals surface area contributed by atoms with Gasteiger partial charge in [0.25, 0.3) is 0 Å². The third kappa shape index (κ3) is 2.81. The fraction of sp³-hybridized carbons (Fsp3) is 0.364. The number of hydrogen-bond donors (Lipinski definition) is 1. The van der Waals surface area contributed by atoms with Crippen LogP contribution >= 0.6 is 22.9 Å². The third-order valence-corrected chi connectivity index (χ3v) is 4.19. The predicted molar refractivity (Wildman–Crippen MR) is 70.6 cm³/mol. The lowest BCUT2D eigenvalue weighted by Crippen LogP contribution is -2.04. The number of nitrogens with one attached hydrogen (secondary N) is 1. The lowest BCUT2D eigenvalue weighted by Gasteiger charge is -2.01. The molecule has 4 nitrogen and oxygen atoms in total. The third-order valence-electron chi connectivity index (χ3n) is 2.27. The molecule has 0 spiro atoms. The van der Waals surface area contributed by atoms with Crippen molar-refractivity contribution in [3.05, 3.63) is 27.3 Å². The van der Waals surface area contributed by atoms with Gasteiger partial charge in [0.2, 0.25) is 0 Å². The molecule has 0 atom stereocenters. The first-order valence-corrected chi connectivity index (χ1v) is 6.87. The van der Waals surface area contributed by atoms with E-state index >= 15 is 0 Å². The summed E-state index contributed by atoms with van der Waals surface area (Å²) in [4.78, 5) is 4.39. The van der Waals surface area contributed by atoms with Gasteiger partial charge < -0.3 is 5.32 Å². The second-order valence-corrected chi connectivity index (χ2v) is 5.36. The van der Waals surface area contributed by atoms with Crippen LogP contribution in [0.5, 0.6) is 0 Å². The lowest BCUT2D eigenvalue weighted by atomic mass is 10.3. The molecule has 0 aliphatic heterocycles. The zero-order valence-electron chi connectivity index (χ0n) is 9.65. The van der Waals surface area contributed by atoms with Crippen molar-refractivity contribution in [2.24, 2.45) is 0 Å². The number of hydrogen-bond acceptors (Lipinski definition) is 6. The number of thiazole rings is 1. The molecule has 0 saturated heterocycles. The van der Waals surface area contributed by atoms with Crippen LogP contribution in [-0.4, -0.2) is 15.9 Å². The summed E-state index contributed by atoms with van der Waals surface area (Å²) in [7, 11) is 0. The Bertz CT molecular complexity index is 550. The molecule has 0 aliphatic carbocycles. The first kappa shape index (κ1) is 12.0. The van der Waals surface area contributed by atoms with Gasteiger partial charge in [-0.1, -0.05) is 0 Å². The molecule has 0 bridgehead atoms. The molecule has 0 aromatic carbocycles. The van der Waals surface area contributed by atoms with Crippen molar-refractivity contribution < 1.29 is 0 Å². The summed E-state index contributed by atoms with van der Waals surface area (Å²) in [5, 5.41) is 16.2. The van der Waals surface area contributed by atoms with Crippen LogP contribution < -0.4 is 5.32 Å². The van der Waals surface area contributed by atoms with E-state index in [2.05, 4.69) is 20.7 Å². The lowest BCUT2D eigenvalue weighted by molar-refractivity contribution is 0.989. The molecule has 0 radical (unpaired) electrons. The van der Waals surface area contributed by atoms with Gasteiger partial charge in [0.05, 0.1) is 10.7 Å². The Hall–Kier alpha value is -1.45. The second-order valence-electron chi connectivity index (χ2n) is 3.64. The first-order valence-electron chi connectivity index (χ1n) is 5.22. The Morgan fingerprint density at radius 2 is 2.29 bits per heavy atom. The van der Waals surface area contributed by atoms with Gasteiger partial charge >= 0.3 is 0 Å². The number of nitriles is 1. The molecular formula is C11H12N4S2. The molecule has 0 amide bonds. The number of nitrogens with zero attached hydrogens (tertiary/aromatic N) is 3. The molecule has 2 aromatic heterocycles. The number of aromatic nitrogens is 2. The average Bonchev–Trinajstić information content (AvgIpc) is 2.86. The monoisotopic (exact) mass is 264 g/mol. The van der Waals surface area contributed by atoms with Crippen LogP contribution in [0.15, 0.2) is 5.38 Å². The van der Waals surface area contributed by atoms with Crippen molar-refractivity contribution >= 4 is 27.9 Å². The fourth-order valence-electron chi connectivity index (χ4n) is 1.42. The highest BCUT2D eigenvalue weighted by Gasteiger charge is 2.09. The molecule has 0 saturated carbocycles. The van der Waals surface area contributed by atoms with Gasteiger partial charge in [-0.3, -0.25) is 0 Å². The maximum atomic E-state index is 8.97. The molecule has 2 heterocycles. The topological polar surface area (TPSA) is 61.6 Å². The smallest absolute Gasteiger partial charge is 0.127 e. The molecular weight excluding hydrogens is 252 g/mol. The van der Waals surface area contributed by atoms with Crippen LogP contribution in [0.3, 0.4) is 0 Å². The van der Waals surface area contributed by atoms with Crippen molar-refractivity contribution in [2.45, 2.75) is 20.3 Å². The molecule has 1 N–H and O–H groups in total. The molecule has 0 fully saturated rings. The van der Waals surface area contributed by atoms with Gasteiger partial charge in [-0.25, -0.2) is 4.98 Å². The highest BCUT2D eigenvalue weighted by molar-refractivity contribution is 7.10. The minimum absolute atomic E-state index is 0.658. The molecule has 0 aliphatic rings. The largest absolute Gasteiger partial charge is 0.374 e. The van der Waals surface area contributed by atoms with Crippen molar-refractivity contribution in [1.82, 2.24) is 9.36 Å². The second kappa shape index (κ2) is 5.25. The minimum atomic E-state index is 0.658. The van der Waals surface area contributed by atoms with Crippen LogP contribution in [0, 0.1) is 25.2 Å². The summed E-state index contributed by atoms with van der Waals surface area (Å²) in [5.41, 5.74) is 2.52. The standard InChI is InChI=1S/C11H12N4S2/c1-7-6-16-10(14-7)3-4-13-11-9(5-12)8(2)15-17-11/h6,13H,3-4H2,1-2H3. The van der Waals surface area contributed by atoms with Gasteiger partial charge in [0.15, 0.2) is 0 Å². The number of aryl methyl sites for hydroxylation is 2. The van der Waals surface area contributed by atoms with Crippen molar-refractivity contribution in [3.8, 4) is 6.07 Å². The van der Waals surface area contributed by atoms with E-state index in [0.717, 1.165) is 34.4 Å². The SMILES string of the molecule is Cc1csc(CCNc2snc(C)c2C#N)n1. The summed E-state index contributed by atoms with van der Waals surface area (Å²) in [5.74, 6) is 0. The summed E-state index contributed by atoms with van der Waals surface area (Å²) in [6.07, 6.45) is 0.875. The normalized spacial score (nSPS) is 10.2. The van der Waals surface area contributed by atoms with Crippen molar-refractivity contribution in [2.75, 3.05) is 11.9 Å². The number of anilines is 1. The van der Waals surface area contributed by atoms with Gasteiger partial charge in [0, 0.05) is 24.0 Å². The van der Waals surface area contributed by atoms with E-state index in [9.17, 15) is 0 Å². The minimum Gasteiger partial charge on any atom is -0.374 e. The maximum absolute atomic E-state index is 8.97. The Morgan fingerprint density at radius 3 is 2.94 bits per heavy atom. The molecule has 2 aromatic rings. The van der Waals surface area contributed by atoms with E-state index in [1.807, 2.05) is 19.2 Å². The summed E-state index contributed by atoms with van der Waals surface area (Å²) < 4.78 is 4.16. The van der Waals surface area contributed by atoms with E-state index in [4.69, 9.17) is 5.26 Å². The summed E-state index contributed by atoms with van der Waals surface area (Å²) >= 11 is 3.01. The van der Waals surface area contributed by atoms with Crippen LogP contribution in [0.2, 0.25) is 0 Å². The van der Waals surface area contributed by atoms with Crippen molar-refractivity contribution in [3.63, 3.8) is 0 Å². The van der Waals surface area contributed by atoms with Crippen LogP contribution in [-0.2, 0) is 6.42 Å². The average molecular weight is 264 g/mol. The van der Waals surface area contributed by atoms with Crippen LogP contribution in [0.1, 0.15) is 22.0 Å². The van der Waals surface area contributed by atoms with E-state index in [0.29, 0.717) is 5.56 Å². The number of rotatable bonds is 4. The maximum Gasteiger partial charge on any atom is 0.127 e. The Balaban J connectivity index is 1.92. The summed E-state index contributed by atoms with van der Waals surface area (Å²) in [6.45, 7) is 4.63. The quantitative estimate of drug-likeness (QED) is 0.922. The Labute approximate surface area is 108 Å². The van der Waals surface area contributed by atoms with Crippen LogP contribution in [0.25, 0.3) is 0 Å². The van der Waals surface area contributed by atoms with Gasteiger partial charge in [-0.05, 0) is 25.4 Å². The molecule has 17 heavy (non-hydrogen) atoms. The van der Waals surface area contributed by atoms with E-state index in [1.165, 1.54) is 11.5 Å². The summed E-state index contributed by atoms with van der Waals surface area (Å²) in [6, 6.07) is 2.17. The predicted octanol–water partition coefficient (Wildman–Crippen LogP) is 2.74. The fourth-order valence-corrected chi connectivity index (χ4v) is 2.97. The van der Waals surface area contributed by atoms with E-state index in [1.54, 1.807) is 11.3 Å². The molecule has 88 valence electrons. The van der Waals surface area contributed by atoms with Crippen molar-refractivity contribution in [1.29, 1.82) is 5.26 Å². The highest BCUT2D eigenvalue weighted by atomic mass is 32.1. The first-order chi connectivity index (χ1) is 8.20. The Morgan fingerprint density at radius 1 is 1.47 bits per heavy atom. The van der Waals surface area contributed by atoms with E-state index in [-0.39, 0.29) is 0 Å². The van der Waals surface area contributed by atoms with Gasteiger partial charge in [-0.2, -0.15) is 9.64 Å². The zero-order valence-corrected chi connectivity index (χ0v) is 11.3. The highest BCUT2D eigenvalue weighted by Crippen LogP contribution is 2.23.